The van der Waals surface area contributed by atoms with Gasteiger partial charge in [-0.05, 0) is 11.5 Å². The molecule has 1 amide bonds. The molecule has 0 aromatic rings. The summed E-state index contributed by atoms with van der Waals surface area (Å²) in [6, 6.07) is 0. The van der Waals surface area contributed by atoms with Gasteiger partial charge in [-0.2, -0.15) is 0 Å². The number of carbonyl (C=O) groups is 1. The van der Waals surface area contributed by atoms with Crippen LogP contribution in [0.15, 0.2) is 23.6 Å². The van der Waals surface area contributed by atoms with Crippen LogP contribution in [0.3, 0.4) is 0 Å². The van der Waals surface area contributed by atoms with Crippen molar-refractivity contribution >= 4 is 17.7 Å². The Bertz CT molecular complexity index is 251. The van der Waals surface area contributed by atoms with Crippen LogP contribution in [0, 0.1) is 5.41 Å². The predicted molar refractivity (Wildman–Crippen MR) is 64.0 cm³/mol. The van der Waals surface area contributed by atoms with Crippen molar-refractivity contribution < 1.29 is 4.79 Å². The average molecular weight is 213 g/mol. The summed E-state index contributed by atoms with van der Waals surface area (Å²) in [6.45, 7) is 12.1. The lowest BCUT2D eigenvalue weighted by atomic mass is 9.93. The van der Waals surface area contributed by atoms with Crippen molar-refractivity contribution in [3.63, 3.8) is 0 Å². The summed E-state index contributed by atoms with van der Waals surface area (Å²) in [5, 5.41) is 0.334. The van der Waals surface area contributed by atoms with Crippen LogP contribution in [0.2, 0.25) is 0 Å². The summed E-state index contributed by atoms with van der Waals surface area (Å²) in [6.07, 6.45) is 3.25. The summed E-state index contributed by atoms with van der Waals surface area (Å²) in [5.41, 5.74) is 5.39. The summed E-state index contributed by atoms with van der Waals surface area (Å²) < 4.78 is 0. The summed E-state index contributed by atoms with van der Waals surface area (Å²) in [7, 11) is 0. The number of hydrogen-bond acceptors (Lipinski definition) is 2. The van der Waals surface area contributed by atoms with Crippen molar-refractivity contribution in [1.29, 1.82) is 0 Å². The van der Waals surface area contributed by atoms with Crippen LogP contribution in [0.1, 0.15) is 27.7 Å². The summed E-state index contributed by atoms with van der Waals surface area (Å²) in [4.78, 5) is 11.6. The van der Waals surface area contributed by atoms with Gasteiger partial charge in [0.25, 0.3) is 5.91 Å². The average Bonchev–Trinajstić information content (AvgIpc) is 2.01. The minimum atomic E-state index is -0.383. The van der Waals surface area contributed by atoms with Gasteiger partial charge in [-0.15, -0.1) is 11.8 Å². The van der Waals surface area contributed by atoms with Crippen molar-refractivity contribution in [2.24, 2.45) is 11.1 Å². The third kappa shape index (κ3) is 4.51. The van der Waals surface area contributed by atoms with Crippen molar-refractivity contribution in [1.82, 2.24) is 0 Å². The fourth-order valence-corrected chi connectivity index (χ4v) is 1.68. The van der Waals surface area contributed by atoms with Crippen LogP contribution < -0.4 is 5.73 Å². The van der Waals surface area contributed by atoms with Gasteiger partial charge in [-0.3, -0.25) is 4.79 Å². The summed E-state index contributed by atoms with van der Waals surface area (Å²) in [5.74, 6) is -0.383. The highest BCUT2D eigenvalue weighted by Crippen LogP contribution is 2.34. The first-order valence-electron chi connectivity index (χ1n) is 4.58. The third-order valence-electron chi connectivity index (χ3n) is 2.04. The molecule has 0 radical (unpaired) electrons. The Kier molecular flexibility index (Phi) is 4.99. The first kappa shape index (κ1) is 13.3. The van der Waals surface area contributed by atoms with Gasteiger partial charge in [0, 0.05) is 5.25 Å². The van der Waals surface area contributed by atoms with E-state index in [0.29, 0.717) is 10.2 Å². The molecule has 0 aliphatic carbocycles. The molecule has 3 heteroatoms. The number of thioether (sulfide) groups is 1. The van der Waals surface area contributed by atoms with Gasteiger partial charge >= 0.3 is 0 Å². The number of hydrogen-bond donors (Lipinski definition) is 1. The molecule has 0 aromatic heterocycles. The van der Waals surface area contributed by atoms with Gasteiger partial charge in [0.05, 0.1) is 4.91 Å². The van der Waals surface area contributed by atoms with E-state index in [1.54, 1.807) is 12.2 Å². The Hall–Kier alpha value is -0.700. The Morgan fingerprint density at radius 1 is 1.50 bits per heavy atom. The maximum Gasteiger partial charge on any atom is 0.255 e. The summed E-state index contributed by atoms with van der Waals surface area (Å²) >= 11 is 1.50. The number of allylic oxidation sites excluding steroid dienone is 2. The van der Waals surface area contributed by atoms with E-state index in [4.69, 9.17) is 5.73 Å². The highest BCUT2D eigenvalue weighted by atomic mass is 32.2. The van der Waals surface area contributed by atoms with Gasteiger partial charge in [0.1, 0.15) is 0 Å². The zero-order valence-corrected chi connectivity index (χ0v) is 10.1. The van der Waals surface area contributed by atoms with E-state index in [1.165, 1.54) is 11.8 Å². The van der Waals surface area contributed by atoms with Crippen molar-refractivity contribution in [3.8, 4) is 0 Å². The Labute approximate surface area is 90.6 Å². The monoisotopic (exact) mass is 213 g/mol. The zero-order chi connectivity index (χ0) is 11.4. The second-order valence-electron chi connectivity index (χ2n) is 4.26. The smallest absolute Gasteiger partial charge is 0.255 e. The van der Waals surface area contributed by atoms with Crippen molar-refractivity contribution in [2.75, 3.05) is 0 Å². The molecule has 0 heterocycles. The third-order valence-corrected chi connectivity index (χ3v) is 3.69. The molecule has 0 saturated heterocycles. The molecule has 2 N–H and O–H groups in total. The van der Waals surface area contributed by atoms with Crippen LogP contribution in [-0.2, 0) is 4.79 Å². The quantitative estimate of drug-likeness (QED) is 0.576. The number of primary amides is 1. The minimum absolute atomic E-state index is 0.153. The van der Waals surface area contributed by atoms with Gasteiger partial charge in [-0.25, -0.2) is 0 Å². The molecule has 0 aliphatic rings. The van der Waals surface area contributed by atoms with E-state index in [-0.39, 0.29) is 11.3 Å². The predicted octanol–water partition coefficient (Wildman–Crippen LogP) is 2.71. The second kappa shape index (κ2) is 5.25. The molecule has 14 heavy (non-hydrogen) atoms. The van der Waals surface area contributed by atoms with Crippen molar-refractivity contribution in [3.05, 3.63) is 23.6 Å². The standard InChI is InChI=1S/C11H19NOS/c1-6-7-9(10(12)13)14-8(2)11(3,4)5/h6-8H,1H2,2-5H3,(H2,12,13)/b9-7-. The largest absolute Gasteiger partial charge is 0.365 e. The maximum absolute atomic E-state index is 11.0. The van der Waals surface area contributed by atoms with E-state index >= 15 is 0 Å². The van der Waals surface area contributed by atoms with Crippen LogP contribution >= 0.6 is 11.8 Å². The molecule has 0 aliphatic heterocycles. The lowest BCUT2D eigenvalue weighted by Gasteiger charge is -2.26. The van der Waals surface area contributed by atoms with E-state index in [0.717, 1.165) is 0 Å². The number of carbonyl (C=O) groups excluding carboxylic acids is 1. The van der Waals surface area contributed by atoms with Crippen LogP contribution in [0.5, 0.6) is 0 Å². The van der Waals surface area contributed by atoms with E-state index in [1.807, 2.05) is 0 Å². The van der Waals surface area contributed by atoms with Crippen molar-refractivity contribution in [2.45, 2.75) is 32.9 Å². The second-order valence-corrected chi connectivity index (χ2v) is 5.64. The molecule has 1 atom stereocenters. The van der Waals surface area contributed by atoms with Gasteiger partial charge in [0.2, 0.25) is 0 Å². The molecule has 0 bridgehead atoms. The van der Waals surface area contributed by atoms with Gasteiger partial charge < -0.3 is 5.73 Å². The Morgan fingerprint density at radius 2 is 2.00 bits per heavy atom. The van der Waals surface area contributed by atoms with E-state index < -0.39 is 0 Å². The molecule has 0 fully saturated rings. The molecule has 0 aromatic carbocycles. The van der Waals surface area contributed by atoms with E-state index in [2.05, 4.69) is 34.3 Å². The van der Waals surface area contributed by atoms with Crippen LogP contribution in [0.25, 0.3) is 0 Å². The molecule has 80 valence electrons. The maximum atomic E-state index is 11.0. The number of rotatable bonds is 4. The lowest BCUT2D eigenvalue weighted by molar-refractivity contribution is -0.113. The van der Waals surface area contributed by atoms with Crippen LogP contribution in [-0.4, -0.2) is 11.2 Å². The van der Waals surface area contributed by atoms with E-state index in [9.17, 15) is 4.79 Å². The highest BCUT2D eigenvalue weighted by Gasteiger charge is 2.22. The number of amides is 1. The number of nitrogens with two attached hydrogens (primary N) is 1. The van der Waals surface area contributed by atoms with Gasteiger partial charge in [-0.1, -0.05) is 40.3 Å². The normalized spacial score (nSPS) is 15.0. The molecular weight excluding hydrogens is 194 g/mol. The molecule has 0 saturated carbocycles. The molecule has 2 nitrogen and oxygen atoms in total. The topological polar surface area (TPSA) is 43.1 Å². The Balaban J connectivity index is 4.55. The SMILES string of the molecule is C=C/C=C(\SC(C)C(C)(C)C)C(N)=O. The fourth-order valence-electron chi connectivity index (χ4n) is 0.654. The Morgan fingerprint density at radius 3 is 2.29 bits per heavy atom. The fraction of sp³-hybridized carbons (Fsp3) is 0.545. The van der Waals surface area contributed by atoms with Crippen LogP contribution in [0.4, 0.5) is 0 Å². The lowest BCUT2D eigenvalue weighted by Crippen LogP contribution is -2.22. The first-order valence-corrected chi connectivity index (χ1v) is 5.46. The molecular formula is C11H19NOS. The van der Waals surface area contributed by atoms with Gasteiger partial charge in [0.15, 0.2) is 0 Å². The first-order chi connectivity index (χ1) is 6.29. The molecule has 1 unspecified atom stereocenters. The molecule has 0 spiro atoms. The highest BCUT2D eigenvalue weighted by molar-refractivity contribution is 8.04. The minimum Gasteiger partial charge on any atom is -0.365 e. The molecule has 0 rings (SSSR count). The zero-order valence-electron chi connectivity index (χ0n) is 9.33.